The molecule has 0 radical (unpaired) electrons. The Morgan fingerprint density at radius 3 is 2.76 bits per heavy atom. The maximum atomic E-state index is 12.4. The number of carbonyl (C=O) groups excluding carboxylic acids is 1. The molecule has 2 rings (SSSR count). The van der Waals surface area contributed by atoms with Crippen LogP contribution >= 0.6 is 23.2 Å². The van der Waals surface area contributed by atoms with Gasteiger partial charge in [-0.25, -0.2) is 4.98 Å². The Kier molecular flexibility index (Phi) is 4.75. The van der Waals surface area contributed by atoms with Crippen molar-refractivity contribution in [1.29, 1.82) is 0 Å². The van der Waals surface area contributed by atoms with Crippen molar-refractivity contribution < 1.29 is 4.79 Å². The minimum Gasteiger partial charge on any atom is -0.397 e. The molecule has 0 aliphatic carbocycles. The van der Waals surface area contributed by atoms with Crippen LogP contribution in [0.3, 0.4) is 0 Å². The molecule has 0 aliphatic rings. The van der Waals surface area contributed by atoms with Gasteiger partial charge in [0.2, 0.25) is 0 Å². The molecular formula is C14H16Cl2N4O. The van der Waals surface area contributed by atoms with Crippen molar-refractivity contribution in [2.75, 3.05) is 11.1 Å². The van der Waals surface area contributed by atoms with E-state index in [-0.39, 0.29) is 16.2 Å². The predicted octanol–water partition coefficient (Wildman–Crippen LogP) is 3.74. The molecule has 2 heterocycles. The van der Waals surface area contributed by atoms with E-state index in [0.717, 1.165) is 12.0 Å². The summed E-state index contributed by atoms with van der Waals surface area (Å²) in [4.78, 5) is 16.3. The fourth-order valence-electron chi connectivity index (χ4n) is 2.07. The summed E-state index contributed by atoms with van der Waals surface area (Å²) in [6, 6.07) is 3.28. The Balaban J connectivity index is 2.30. The maximum Gasteiger partial charge on any atom is 0.272 e. The number of aryl methyl sites for hydroxylation is 2. The van der Waals surface area contributed by atoms with Crippen LogP contribution in [0.4, 0.5) is 11.4 Å². The van der Waals surface area contributed by atoms with Gasteiger partial charge in [0.15, 0.2) is 5.15 Å². The van der Waals surface area contributed by atoms with Gasteiger partial charge in [-0.2, -0.15) is 0 Å². The third kappa shape index (κ3) is 3.49. The van der Waals surface area contributed by atoms with E-state index in [1.807, 2.05) is 11.5 Å². The molecule has 112 valence electrons. The first-order valence-corrected chi connectivity index (χ1v) is 7.27. The SMILES string of the molecule is CCCn1cc(N)cc1C(=O)Nc1c(C)cc(Cl)nc1Cl. The highest BCUT2D eigenvalue weighted by Crippen LogP contribution is 2.27. The van der Waals surface area contributed by atoms with Crippen molar-refractivity contribution in [1.82, 2.24) is 9.55 Å². The van der Waals surface area contributed by atoms with Gasteiger partial charge in [0, 0.05) is 12.7 Å². The van der Waals surface area contributed by atoms with Crippen LogP contribution in [-0.4, -0.2) is 15.5 Å². The second-order valence-corrected chi connectivity index (χ2v) is 5.48. The molecule has 0 unspecified atom stereocenters. The number of aromatic nitrogens is 2. The largest absolute Gasteiger partial charge is 0.397 e. The molecule has 0 aromatic carbocycles. The van der Waals surface area contributed by atoms with Crippen LogP contribution in [0.25, 0.3) is 0 Å². The van der Waals surface area contributed by atoms with Gasteiger partial charge in [0.05, 0.1) is 11.4 Å². The number of nitrogens with two attached hydrogens (primary N) is 1. The summed E-state index contributed by atoms with van der Waals surface area (Å²) in [6.45, 7) is 4.54. The smallest absolute Gasteiger partial charge is 0.272 e. The average molecular weight is 327 g/mol. The number of amides is 1. The van der Waals surface area contributed by atoms with Gasteiger partial charge in [0.1, 0.15) is 10.8 Å². The van der Waals surface area contributed by atoms with Crippen molar-refractivity contribution in [3.63, 3.8) is 0 Å². The number of nitrogen functional groups attached to an aromatic ring is 1. The summed E-state index contributed by atoms with van der Waals surface area (Å²) in [5.41, 5.74) is 7.99. The molecule has 0 atom stereocenters. The minimum absolute atomic E-state index is 0.162. The van der Waals surface area contributed by atoms with Crippen molar-refractivity contribution in [3.8, 4) is 0 Å². The third-order valence-corrected chi connectivity index (χ3v) is 3.46. The van der Waals surface area contributed by atoms with Gasteiger partial charge in [-0.15, -0.1) is 0 Å². The van der Waals surface area contributed by atoms with E-state index >= 15 is 0 Å². The Morgan fingerprint density at radius 2 is 2.14 bits per heavy atom. The molecular weight excluding hydrogens is 311 g/mol. The quantitative estimate of drug-likeness (QED) is 0.840. The Morgan fingerprint density at radius 1 is 1.43 bits per heavy atom. The van der Waals surface area contributed by atoms with Crippen LogP contribution < -0.4 is 11.1 Å². The number of pyridine rings is 1. The monoisotopic (exact) mass is 326 g/mol. The van der Waals surface area contributed by atoms with Crippen LogP contribution in [0.15, 0.2) is 18.3 Å². The van der Waals surface area contributed by atoms with E-state index in [9.17, 15) is 4.79 Å². The lowest BCUT2D eigenvalue weighted by Gasteiger charge is -2.11. The number of anilines is 2. The first-order chi connectivity index (χ1) is 9.92. The lowest BCUT2D eigenvalue weighted by atomic mass is 10.2. The van der Waals surface area contributed by atoms with Crippen molar-refractivity contribution in [2.45, 2.75) is 26.8 Å². The normalized spacial score (nSPS) is 10.7. The van der Waals surface area contributed by atoms with E-state index in [1.54, 1.807) is 25.3 Å². The standard InChI is InChI=1S/C14H16Cl2N4O/c1-3-4-20-7-9(17)6-10(20)14(21)19-12-8(2)5-11(15)18-13(12)16/h5-7H,3-4,17H2,1-2H3,(H,19,21). The fraction of sp³-hybridized carbons (Fsp3) is 0.286. The number of nitrogens with one attached hydrogen (secondary N) is 1. The topological polar surface area (TPSA) is 72.9 Å². The van der Waals surface area contributed by atoms with E-state index in [0.29, 0.717) is 23.6 Å². The summed E-state index contributed by atoms with van der Waals surface area (Å²) in [7, 11) is 0. The highest BCUT2D eigenvalue weighted by molar-refractivity contribution is 6.35. The zero-order valence-corrected chi connectivity index (χ0v) is 13.3. The van der Waals surface area contributed by atoms with E-state index in [4.69, 9.17) is 28.9 Å². The molecule has 7 heteroatoms. The minimum atomic E-state index is -0.283. The molecule has 0 spiro atoms. The highest BCUT2D eigenvalue weighted by Gasteiger charge is 2.16. The van der Waals surface area contributed by atoms with Crippen molar-refractivity contribution in [3.05, 3.63) is 39.9 Å². The first-order valence-electron chi connectivity index (χ1n) is 6.52. The number of nitrogens with zero attached hydrogens (tertiary/aromatic N) is 2. The van der Waals surface area contributed by atoms with Crippen LogP contribution in [0.5, 0.6) is 0 Å². The molecule has 1 amide bonds. The average Bonchev–Trinajstić information content (AvgIpc) is 2.75. The van der Waals surface area contributed by atoms with Gasteiger partial charge in [0.25, 0.3) is 5.91 Å². The van der Waals surface area contributed by atoms with Crippen molar-refractivity contribution >= 4 is 40.5 Å². The summed E-state index contributed by atoms with van der Waals surface area (Å²) in [5, 5.41) is 3.21. The van der Waals surface area contributed by atoms with E-state index < -0.39 is 0 Å². The van der Waals surface area contributed by atoms with Crippen LogP contribution in [0, 0.1) is 6.92 Å². The van der Waals surface area contributed by atoms with Gasteiger partial charge >= 0.3 is 0 Å². The third-order valence-electron chi connectivity index (χ3n) is 2.99. The van der Waals surface area contributed by atoms with Gasteiger partial charge in [-0.3, -0.25) is 4.79 Å². The Bertz CT molecular complexity index is 659. The molecule has 0 saturated carbocycles. The molecule has 0 bridgehead atoms. The summed E-state index contributed by atoms with van der Waals surface area (Å²) >= 11 is 11.8. The molecule has 0 saturated heterocycles. The molecule has 0 aliphatic heterocycles. The lowest BCUT2D eigenvalue weighted by molar-refractivity contribution is 0.101. The molecule has 2 aromatic rings. The molecule has 21 heavy (non-hydrogen) atoms. The second kappa shape index (κ2) is 6.37. The maximum absolute atomic E-state index is 12.4. The van der Waals surface area contributed by atoms with Gasteiger partial charge in [-0.1, -0.05) is 30.1 Å². The van der Waals surface area contributed by atoms with Crippen LogP contribution in [0.1, 0.15) is 29.4 Å². The number of hydrogen-bond acceptors (Lipinski definition) is 3. The zero-order chi connectivity index (χ0) is 15.6. The van der Waals surface area contributed by atoms with Crippen LogP contribution in [-0.2, 0) is 6.54 Å². The Labute approximate surface area is 133 Å². The number of rotatable bonds is 4. The number of carbonyl (C=O) groups is 1. The molecule has 3 N–H and O–H groups in total. The predicted molar refractivity (Wildman–Crippen MR) is 86.1 cm³/mol. The molecule has 0 fully saturated rings. The van der Waals surface area contributed by atoms with Gasteiger partial charge in [-0.05, 0) is 31.0 Å². The van der Waals surface area contributed by atoms with Gasteiger partial charge < -0.3 is 15.6 Å². The Hall–Kier alpha value is -1.72. The van der Waals surface area contributed by atoms with Crippen molar-refractivity contribution in [2.24, 2.45) is 0 Å². The highest BCUT2D eigenvalue weighted by atomic mass is 35.5. The fourth-order valence-corrected chi connectivity index (χ4v) is 2.65. The molecule has 2 aromatic heterocycles. The zero-order valence-electron chi connectivity index (χ0n) is 11.8. The summed E-state index contributed by atoms with van der Waals surface area (Å²) in [6.07, 6.45) is 2.64. The number of hydrogen-bond donors (Lipinski definition) is 2. The van der Waals surface area contributed by atoms with E-state index in [1.165, 1.54) is 0 Å². The molecule has 5 nitrogen and oxygen atoms in total. The second-order valence-electron chi connectivity index (χ2n) is 4.73. The van der Waals surface area contributed by atoms with Crippen LogP contribution in [0.2, 0.25) is 10.3 Å². The summed E-state index contributed by atoms with van der Waals surface area (Å²) < 4.78 is 1.82. The number of halogens is 2. The summed E-state index contributed by atoms with van der Waals surface area (Å²) in [5.74, 6) is -0.283. The lowest BCUT2D eigenvalue weighted by Crippen LogP contribution is -2.18. The first kappa shape index (κ1) is 15.7. The van der Waals surface area contributed by atoms with E-state index in [2.05, 4.69) is 10.3 Å².